The molecule has 0 aromatic heterocycles. The molecule has 110 valence electrons. The summed E-state index contributed by atoms with van der Waals surface area (Å²) in [6.07, 6.45) is 6.29. The Labute approximate surface area is 121 Å². The van der Waals surface area contributed by atoms with Gasteiger partial charge in [0.05, 0.1) is 0 Å². The van der Waals surface area contributed by atoms with E-state index in [4.69, 9.17) is 0 Å². The molecule has 1 spiro atoms. The Hall–Kier alpha value is -0.930. The van der Waals surface area contributed by atoms with Gasteiger partial charge in [0, 0.05) is 31.2 Å². The number of hydrogen-bond acceptors (Lipinski definition) is 2. The molecule has 2 fully saturated rings. The van der Waals surface area contributed by atoms with Crippen molar-refractivity contribution in [3.63, 3.8) is 0 Å². The summed E-state index contributed by atoms with van der Waals surface area (Å²) < 4.78 is 13.2. The minimum Gasteiger partial charge on any atom is -0.308 e. The number of nitrogens with one attached hydrogen (secondary N) is 1. The molecular formula is C17H25FN2. The van der Waals surface area contributed by atoms with E-state index in [-0.39, 0.29) is 5.82 Å². The zero-order valence-electron chi connectivity index (χ0n) is 12.4. The molecule has 2 nitrogen and oxygen atoms in total. The minimum atomic E-state index is -0.122. The zero-order chi connectivity index (χ0) is 14.0. The normalized spacial score (nSPS) is 26.2. The van der Waals surface area contributed by atoms with Crippen molar-refractivity contribution in [1.82, 2.24) is 10.2 Å². The molecule has 3 heteroatoms. The number of hydrogen-bond donors (Lipinski definition) is 1. The van der Waals surface area contributed by atoms with E-state index in [1.54, 1.807) is 6.07 Å². The molecule has 2 aliphatic rings. The maximum Gasteiger partial charge on any atom is 0.123 e. The third kappa shape index (κ3) is 3.04. The second-order valence-corrected chi connectivity index (χ2v) is 6.57. The van der Waals surface area contributed by atoms with E-state index >= 15 is 0 Å². The van der Waals surface area contributed by atoms with Crippen LogP contribution in [0.1, 0.15) is 38.2 Å². The first-order chi connectivity index (χ1) is 9.67. The topological polar surface area (TPSA) is 15.3 Å². The first-order valence-electron chi connectivity index (χ1n) is 7.90. The molecule has 1 aliphatic heterocycles. The lowest BCUT2D eigenvalue weighted by Gasteiger charge is -2.45. The number of benzene rings is 1. The molecule has 1 heterocycles. The van der Waals surface area contributed by atoms with Crippen LogP contribution in [0.3, 0.4) is 0 Å². The summed E-state index contributed by atoms with van der Waals surface area (Å²) in [5.41, 5.74) is 1.48. The van der Waals surface area contributed by atoms with Crippen molar-refractivity contribution in [3.05, 3.63) is 35.6 Å². The molecule has 1 unspecified atom stereocenters. The van der Waals surface area contributed by atoms with Gasteiger partial charge >= 0.3 is 0 Å². The Balaban J connectivity index is 1.60. The van der Waals surface area contributed by atoms with Gasteiger partial charge in [-0.15, -0.1) is 0 Å². The van der Waals surface area contributed by atoms with Crippen LogP contribution in [-0.4, -0.2) is 36.1 Å². The van der Waals surface area contributed by atoms with Crippen molar-refractivity contribution in [2.45, 2.75) is 50.6 Å². The Morgan fingerprint density at radius 2 is 2.15 bits per heavy atom. The third-order valence-corrected chi connectivity index (χ3v) is 5.04. The first kappa shape index (κ1) is 14.0. The average Bonchev–Trinajstić information content (AvgIpc) is 2.89. The van der Waals surface area contributed by atoms with Crippen molar-refractivity contribution in [1.29, 1.82) is 0 Å². The van der Waals surface area contributed by atoms with Gasteiger partial charge in [-0.25, -0.2) is 4.39 Å². The van der Waals surface area contributed by atoms with E-state index in [1.807, 2.05) is 12.1 Å². The summed E-state index contributed by atoms with van der Waals surface area (Å²) in [6.45, 7) is 5.57. The first-order valence-corrected chi connectivity index (χ1v) is 7.90. The van der Waals surface area contributed by atoms with Crippen molar-refractivity contribution in [2.75, 3.05) is 19.6 Å². The Morgan fingerprint density at radius 1 is 1.35 bits per heavy atom. The van der Waals surface area contributed by atoms with Crippen molar-refractivity contribution < 1.29 is 4.39 Å². The Bertz CT molecular complexity index is 454. The van der Waals surface area contributed by atoms with Crippen LogP contribution < -0.4 is 5.32 Å². The SMILES string of the molecule is CC1CNC2(CCCC2)CN1CCc1cccc(F)c1. The summed E-state index contributed by atoms with van der Waals surface area (Å²) >= 11 is 0. The highest BCUT2D eigenvalue weighted by Crippen LogP contribution is 2.33. The van der Waals surface area contributed by atoms with Gasteiger partial charge in [0.2, 0.25) is 0 Å². The van der Waals surface area contributed by atoms with Crippen LogP contribution in [0.2, 0.25) is 0 Å². The lowest BCUT2D eigenvalue weighted by Crippen LogP contribution is -2.62. The molecule has 1 aliphatic carbocycles. The van der Waals surface area contributed by atoms with E-state index in [2.05, 4.69) is 17.1 Å². The standard InChI is InChI=1S/C17H25FN2/c1-14-12-19-17(8-2-3-9-17)13-20(14)10-7-15-5-4-6-16(18)11-15/h4-6,11,14,19H,2-3,7-10,12-13H2,1H3. The average molecular weight is 276 g/mol. The maximum atomic E-state index is 13.2. The van der Waals surface area contributed by atoms with Crippen LogP contribution >= 0.6 is 0 Å². The fourth-order valence-electron chi connectivity index (χ4n) is 3.75. The van der Waals surface area contributed by atoms with Crippen molar-refractivity contribution >= 4 is 0 Å². The smallest absolute Gasteiger partial charge is 0.123 e. The molecule has 0 bridgehead atoms. The minimum absolute atomic E-state index is 0.122. The maximum absolute atomic E-state index is 13.2. The van der Waals surface area contributed by atoms with Crippen molar-refractivity contribution in [2.24, 2.45) is 0 Å². The Kier molecular flexibility index (Phi) is 4.08. The lowest BCUT2D eigenvalue weighted by atomic mass is 9.92. The summed E-state index contributed by atoms with van der Waals surface area (Å²) in [5.74, 6) is -0.122. The highest BCUT2D eigenvalue weighted by atomic mass is 19.1. The van der Waals surface area contributed by atoms with Gasteiger partial charge in [-0.1, -0.05) is 25.0 Å². The predicted molar refractivity (Wildman–Crippen MR) is 80.3 cm³/mol. The lowest BCUT2D eigenvalue weighted by molar-refractivity contribution is 0.0903. The number of rotatable bonds is 3. The van der Waals surface area contributed by atoms with Crippen LogP contribution in [0.4, 0.5) is 4.39 Å². The van der Waals surface area contributed by atoms with Gasteiger partial charge in [0.15, 0.2) is 0 Å². The molecule has 1 N–H and O–H groups in total. The number of piperazine rings is 1. The van der Waals surface area contributed by atoms with Crippen molar-refractivity contribution in [3.8, 4) is 0 Å². The van der Waals surface area contributed by atoms with Gasteiger partial charge in [0.25, 0.3) is 0 Å². The third-order valence-electron chi connectivity index (χ3n) is 5.04. The second kappa shape index (κ2) is 5.82. The molecule has 0 radical (unpaired) electrons. The largest absolute Gasteiger partial charge is 0.308 e. The molecular weight excluding hydrogens is 251 g/mol. The summed E-state index contributed by atoms with van der Waals surface area (Å²) in [6, 6.07) is 7.60. The van der Waals surface area contributed by atoms with E-state index in [1.165, 1.54) is 31.7 Å². The molecule has 1 saturated heterocycles. The summed E-state index contributed by atoms with van der Waals surface area (Å²) in [4.78, 5) is 2.59. The van der Waals surface area contributed by atoms with Crippen LogP contribution in [0.15, 0.2) is 24.3 Å². The molecule has 0 amide bonds. The fraction of sp³-hybridized carbons (Fsp3) is 0.647. The molecule has 1 atom stereocenters. The monoisotopic (exact) mass is 276 g/mol. The van der Waals surface area contributed by atoms with Gasteiger partial charge in [-0.2, -0.15) is 0 Å². The summed E-state index contributed by atoms with van der Waals surface area (Å²) in [7, 11) is 0. The predicted octanol–water partition coefficient (Wildman–Crippen LogP) is 2.97. The van der Waals surface area contributed by atoms with Crippen LogP contribution in [0.5, 0.6) is 0 Å². The quantitative estimate of drug-likeness (QED) is 0.913. The van der Waals surface area contributed by atoms with Crippen LogP contribution in [0, 0.1) is 5.82 Å². The van der Waals surface area contributed by atoms with Crippen LogP contribution in [-0.2, 0) is 6.42 Å². The van der Waals surface area contributed by atoms with Gasteiger partial charge < -0.3 is 5.32 Å². The fourth-order valence-corrected chi connectivity index (χ4v) is 3.75. The second-order valence-electron chi connectivity index (χ2n) is 6.57. The van der Waals surface area contributed by atoms with Gasteiger partial charge in [-0.3, -0.25) is 4.90 Å². The number of halogens is 1. The Morgan fingerprint density at radius 3 is 2.90 bits per heavy atom. The molecule has 1 aromatic rings. The molecule has 20 heavy (non-hydrogen) atoms. The molecule has 3 rings (SSSR count). The van der Waals surface area contributed by atoms with E-state index in [0.717, 1.165) is 31.6 Å². The zero-order valence-corrected chi connectivity index (χ0v) is 12.4. The van der Waals surface area contributed by atoms with E-state index in [0.29, 0.717) is 11.6 Å². The van der Waals surface area contributed by atoms with Gasteiger partial charge in [0.1, 0.15) is 5.82 Å². The molecule has 1 aromatic carbocycles. The molecule has 1 saturated carbocycles. The van der Waals surface area contributed by atoms with E-state index < -0.39 is 0 Å². The summed E-state index contributed by atoms with van der Waals surface area (Å²) in [5, 5.41) is 3.78. The highest BCUT2D eigenvalue weighted by Gasteiger charge is 2.39. The van der Waals surface area contributed by atoms with Gasteiger partial charge in [-0.05, 0) is 43.9 Å². The van der Waals surface area contributed by atoms with Crippen LogP contribution in [0.25, 0.3) is 0 Å². The number of nitrogens with zero attached hydrogens (tertiary/aromatic N) is 1. The van der Waals surface area contributed by atoms with E-state index in [9.17, 15) is 4.39 Å². The highest BCUT2D eigenvalue weighted by molar-refractivity contribution is 5.16.